The summed E-state index contributed by atoms with van der Waals surface area (Å²) in [7, 11) is 0. The molecule has 1 fully saturated rings. The topological polar surface area (TPSA) is 51.0 Å². The van der Waals surface area contributed by atoms with Crippen molar-refractivity contribution < 1.29 is 4.79 Å². The van der Waals surface area contributed by atoms with Crippen molar-refractivity contribution in [1.29, 1.82) is 0 Å². The van der Waals surface area contributed by atoms with Crippen molar-refractivity contribution in [3.05, 3.63) is 71.0 Å². The van der Waals surface area contributed by atoms with Crippen LogP contribution in [0.25, 0.3) is 5.69 Å². The molecule has 0 saturated carbocycles. The van der Waals surface area contributed by atoms with Gasteiger partial charge in [0.25, 0.3) is 0 Å². The molecule has 1 aromatic heterocycles. The van der Waals surface area contributed by atoms with Crippen molar-refractivity contribution in [1.82, 2.24) is 19.7 Å². The van der Waals surface area contributed by atoms with Gasteiger partial charge in [-0.2, -0.15) is 0 Å². The van der Waals surface area contributed by atoms with E-state index in [4.69, 9.17) is 0 Å². The van der Waals surface area contributed by atoms with Gasteiger partial charge < -0.3 is 4.90 Å². The van der Waals surface area contributed by atoms with Crippen LogP contribution in [0.4, 0.5) is 0 Å². The first kappa shape index (κ1) is 22.6. The van der Waals surface area contributed by atoms with Crippen LogP contribution in [0.2, 0.25) is 0 Å². The molecule has 0 bridgehead atoms. The van der Waals surface area contributed by atoms with Crippen LogP contribution in [-0.2, 0) is 17.6 Å². The third-order valence-corrected chi connectivity index (χ3v) is 7.29. The van der Waals surface area contributed by atoms with Gasteiger partial charge in [0.2, 0.25) is 5.91 Å². The van der Waals surface area contributed by atoms with Gasteiger partial charge in [0.1, 0.15) is 5.82 Å². The van der Waals surface area contributed by atoms with E-state index < -0.39 is 0 Å². The summed E-state index contributed by atoms with van der Waals surface area (Å²) in [6, 6.07) is 17.2. The molecule has 0 aliphatic carbocycles. The van der Waals surface area contributed by atoms with Crippen molar-refractivity contribution >= 4 is 17.7 Å². The standard InChI is InChI=1S/C26H32N4OS/c1-19-12-14-23(17-20(19)2)30-24(15-13-22-10-5-4-6-11-22)27-28-26(30)32-18-25(31)29-16-8-7-9-21(29)3/h4-6,10-12,14,17,21H,7-9,13,15-16,18H2,1-3H3/t21-/m1/s1. The monoisotopic (exact) mass is 448 g/mol. The third-order valence-electron chi connectivity index (χ3n) is 6.38. The van der Waals surface area contributed by atoms with Gasteiger partial charge in [0, 0.05) is 24.7 Å². The molecule has 3 aromatic rings. The minimum atomic E-state index is 0.197. The summed E-state index contributed by atoms with van der Waals surface area (Å²) in [5.74, 6) is 1.52. The molecule has 0 spiro atoms. The predicted molar refractivity (Wildman–Crippen MR) is 130 cm³/mol. The van der Waals surface area contributed by atoms with Crippen molar-refractivity contribution in [2.45, 2.75) is 64.1 Å². The summed E-state index contributed by atoms with van der Waals surface area (Å²) in [6.07, 6.45) is 5.10. The molecule has 1 atom stereocenters. The van der Waals surface area contributed by atoms with Gasteiger partial charge in [0.05, 0.1) is 5.75 Å². The van der Waals surface area contributed by atoms with Crippen molar-refractivity contribution in [3.8, 4) is 5.69 Å². The molecule has 168 valence electrons. The molecule has 1 amide bonds. The van der Waals surface area contributed by atoms with Crippen LogP contribution in [0, 0.1) is 13.8 Å². The van der Waals surface area contributed by atoms with Crippen molar-refractivity contribution in [2.24, 2.45) is 0 Å². The lowest BCUT2D eigenvalue weighted by molar-refractivity contribution is -0.131. The maximum Gasteiger partial charge on any atom is 0.233 e. The van der Waals surface area contributed by atoms with E-state index in [1.807, 2.05) is 11.0 Å². The van der Waals surface area contributed by atoms with E-state index in [2.05, 4.69) is 78.0 Å². The van der Waals surface area contributed by atoms with Crippen LogP contribution in [0.3, 0.4) is 0 Å². The maximum atomic E-state index is 12.9. The second-order valence-corrected chi connectivity index (χ2v) is 9.65. The zero-order chi connectivity index (χ0) is 22.5. The summed E-state index contributed by atoms with van der Waals surface area (Å²) >= 11 is 1.50. The van der Waals surface area contributed by atoms with Crippen molar-refractivity contribution in [2.75, 3.05) is 12.3 Å². The minimum absolute atomic E-state index is 0.197. The van der Waals surface area contributed by atoms with Gasteiger partial charge in [-0.15, -0.1) is 10.2 Å². The van der Waals surface area contributed by atoms with Crippen LogP contribution in [0.1, 0.15) is 48.7 Å². The van der Waals surface area contributed by atoms with Gasteiger partial charge in [-0.25, -0.2) is 0 Å². The highest BCUT2D eigenvalue weighted by atomic mass is 32.2. The molecule has 0 N–H and O–H groups in total. The first-order valence-corrected chi connectivity index (χ1v) is 12.5. The highest BCUT2D eigenvalue weighted by Gasteiger charge is 2.24. The average molecular weight is 449 g/mol. The van der Waals surface area contributed by atoms with E-state index in [9.17, 15) is 4.79 Å². The molecule has 1 saturated heterocycles. The Morgan fingerprint density at radius 3 is 2.59 bits per heavy atom. The number of benzene rings is 2. The van der Waals surface area contributed by atoms with Crippen LogP contribution in [0.5, 0.6) is 0 Å². The fraction of sp³-hybridized carbons (Fsp3) is 0.423. The number of hydrogen-bond acceptors (Lipinski definition) is 4. The summed E-state index contributed by atoms with van der Waals surface area (Å²) in [5, 5.41) is 9.82. The Kier molecular flexibility index (Phi) is 7.30. The highest BCUT2D eigenvalue weighted by molar-refractivity contribution is 7.99. The molecule has 6 heteroatoms. The number of amides is 1. The Morgan fingerprint density at radius 2 is 1.84 bits per heavy atom. The van der Waals surface area contributed by atoms with Gasteiger partial charge in [-0.05, 0) is 75.3 Å². The Balaban J connectivity index is 1.56. The Labute approximate surface area is 195 Å². The maximum absolute atomic E-state index is 12.9. The summed E-state index contributed by atoms with van der Waals surface area (Å²) < 4.78 is 2.13. The lowest BCUT2D eigenvalue weighted by atomic mass is 10.0. The number of carbonyl (C=O) groups is 1. The SMILES string of the molecule is Cc1ccc(-n2c(CCc3ccccc3)nnc2SCC(=O)N2CCCC[C@H]2C)cc1C. The first-order chi connectivity index (χ1) is 15.5. The van der Waals surface area contributed by atoms with Gasteiger partial charge in [-0.1, -0.05) is 48.2 Å². The quantitative estimate of drug-likeness (QED) is 0.468. The number of aromatic nitrogens is 3. The minimum Gasteiger partial charge on any atom is -0.339 e. The smallest absolute Gasteiger partial charge is 0.233 e. The Hall–Kier alpha value is -2.60. The van der Waals surface area contributed by atoms with E-state index in [0.717, 1.165) is 48.9 Å². The predicted octanol–water partition coefficient (Wildman–Crippen LogP) is 5.16. The zero-order valence-corrected chi connectivity index (χ0v) is 20.1. The van der Waals surface area contributed by atoms with Gasteiger partial charge in [0.15, 0.2) is 5.16 Å². The summed E-state index contributed by atoms with van der Waals surface area (Å²) in [5.41, 5.74) is 4.84. The summed E-state index contributed by atoms with van der Waals surface area (Å²) in [6.45, 7) is 7.27. The molecule has 4 rings (SSSR count). The number of nitrogens with zero attached hydrogens (tertiary/aromatic N) is 4. The van der Waals surface area contributed by atoms with E-state index in [1.165, 1.54) is 34.9 Å². The molecule has 0 unspecified atom stereocenters. The summed E-state index contributed by atoms with van der Waals surface area (Å²) in [4.78, 5) is 14.9. The Morgan fingerprint density at radius 1 is 1.03 bits per heavy atom. The molecule has 2 aromatic carbocycles. The van der Waals surface area contributed by atoms with Crippen LogP contribution >= 0.6 is 11.8 Å². The second kappa shape index (κ2) is 10.3. The number of piperidine rings is 1. The molecule has 0 radical (unpaired) electrons. The fourth-order valence-corrected chi connectivity index (χ4v) is 5.12. The number of thioether (sulfide) groups is 1. The second-order valence-electron chi connectivity index (χ2n) is 8.71. The molecular weight excluding hydrogens is 416 g/mol. The van der Waals surface area contributed by atoms with E-state index >= 15 is 0 Å². The van der Waals surface area contributed by atoms with E-state index in [0.29, 0.717) is 11.8 Å². The van der Waals surface area contributed by atoms with Crippen LogP contribution in [-0.4, -0.2) is 43.9 Å². The highest BCUT2D eigenvalue weighted by Crippen LogP contribution is 2.26. The molecule has 1 aliphatic rings. The van der Waals surface area contributed by atoms with E-state index in [-0.39, 0.29) is 5.91 Å². The van der Waals surface area contributed by atoms with Crippen molar-refractivity contribution in [3.63, 3.8) is 0 Å². The molecule has 5 nitrogen and oxygen atoms in total. The molecule has 2 heterocycles. The largest absolute Gasteiger partial charge is 0.339 e. The van der Waals surface area contributed by atoms with Gasteiger partial charge in [-0.3, -0.25) is 9.36 Å². The number of likely N-dealkylation sites (tertiary alicyclic amines) is 1. The lowest BCUT2D eigenvalue weighted by Crippen LogP contribution is -2.42. The fourth-order valence-electron chi connectivity index (χ4n) is 4.26. The molecule has 1 aliphatic heterocycles. The number of rotatable bonds is 7. The van der Waals surface area contributed by atoms with Gasteiger partial charge >= 0.3 is 0 Å². The molecule has 32 heavy (non-hydrogen) atoms. The van der Waals surface area contributed by atoms with E-state index in [1.54, 1.807) is 0 Å². The number of aryl methyl sites for hydroxylation is 4. The first-order valence-electron chi connectivity index (χ1n) is 11.5. The normalized spacial score (nSPS) is 16.3. The number of hydrogen-bond donors (Lipinski definition) is 0. The number of carbonyl (C=O) groups excluding carboxylic acids is 1. The zero-order valence-electron chi connectivity index (χ0n) is 19.3. The average Bonchev–Trinajstić information content (AvgIpc) is 3.21. The Bertz CT molecular complexity index is 1060. The van der Waals surface area contributed by atoms with Crippen LogP contribution < -0.4 is 0 Å². The lowest BCUT2D eigenvalue weighted by Gasteiger charge is -2.33. The third kappa shape index (κ3) is 5.23. The van der Waals surface area contributed by atoms with Crippen LogP contribution in [0.15, 0.2) is 53.7 Å². The molecular formula is C26H32N4OS.